The van der Waals surface area contributed by atoms with E-state index in [0.29, 0.717) is 45.6 Å². The lowest BCUT2D eigenvalue weighted by molar-refractivity contribution is 0.0476. The molecule has 0 saturated heterocycles. The van der Waals surface area contributed by atoms with Crippen LogP contribution in [0.4, 0.5) is 0 Å². The molecule has 7 nitrogen and oxygen atoms in total. The number of pyridine rings is 1. The molecule has 5 aromatic rings. The summed E-state index contributed by atoms with van der Waals surface area (Å²) in [5.74, 6) is -0.471. The predicted octanol–water partition coefficient (Wildman–Crippen LogP) is 6.87. The highest BCUT2D eigenvalue weighted by Crippen LogP contribution is 2.27. The first-order valence-corrected chi connectivity index (χ1v) is 13.1. The van der Waals surface area contributed by atoms with Gasteiger partial charge in [0.25, 0.3) is 0 Å². The summed E-state index contributed by atoms with van der Waals surface area (Å²) in [6, 6.07) is 29.5. The van der Waals surface area contributed by atoms with Crippen LogP contribution in [0.2, 0.25) is 0 Å². The highest BCUT2D eigenvalue weighted by molar-refractivity contribution is 6.06. The molecule has 0 fully saturated rings. The summed E-state index contributed by atoms with van der Waals surface area (Å²) in [7, 11) is 0. The number of esters is 2. The third-order valence-electron chi connectivity index (χ3n) is 6.41. The van der Waals surface area contributed by atoms with Crippen LogP contribution >= 0.6 is 0 Å². The SMILES string of the molecule is CCOc1ccc(-c2cc(C(=O)OCC(=O)c3ccc(OC(=O)c4ccc(C)cc4)cc3)c3ccccc3n2)cc1. The number of hydrogen-bond acceptors (Lipinski definition) is 7. The molecule has 41 heavy (non-hydrogen) atoms. The summed E-state index contributed by atoms with van der Waals surface area (Å²) in [4.78, 5) is 43.0. The highest BCUT2D eigenvalue weighted by atomic mass is 16.5. The minimum Gasteiger partial charge on any atom is -0.494 e. The summed E-state index contributed by atoms with van der Waals surface area (Å²) >= 11 is 0. The Balaban J connectivity index is 1.27. The average molecular weight is 546 g/mol. The molecule has 4 aromatic carbocycles. The van der Waals surface area contributed by atoms with E-state index in [1.54, 1.807) is 24.3 Å². The van der Waals surface area contributed by atoms with Gasteiger partial charge < -0.3 is 14.2 Å². The van der Waals surface area contributed by atoms with Crippen LogP contribution in [-0.4, -0.2) is 35.9 Å². The number of aryl methyl sites for hydroxylation is 1. The van der Waals surface area contributed by atoms with E-state index >= 15 is 0 Å². The number of rotatable bonds is 9. The fourth-order valence-corrected chi connectivity index (χ4v) is 4.24. The van der Waals surface area contributed by atoms with Crippen molar-refractivity contribution in [2.45, 2.75) is 13.8 Å². The number of benzene rings is 4. The maximum absolute atomic E-state index is 13.2. The molecule has 0 aliphatic rings. The van der Waals surface area contributed by atoms with Gasteiger partial charge in [0.15, 0.2) is 12.4 Å². The molecule has 0 amide bonds. The number of aromatic nitrogens is 1. The van der Waals surface area contributed by atoms with Gasteiger partial charge in [-0.1, -0.05) is 35.9 Å². The molecule has 0 radical (unpaired) electrons. The fraction of sp³-hybridized carbons (Fsp3) is 0.118. The number of hydrogen-bond donors (Lipinski definition) is 0. The second kappa shape index (κ2) is 12.3. The summed E-state index contributed by atoms with van der Waals surface area (Å²) in [5, 5.41) is 0.624. The molecule has 0 N–H and O–H groups in total. The first-order chi connectivity index (χ1) is 19.9. The lowest BCUT2D eigenvalue weighted by Gasteiger charge is -2.11. The lowest BCUT2D eigenvalue weighted by atomic mass is 10.0. The maximum Gasteiger partial charge on any atom is 0.343 e. The molecule has 0 saturated carbocycles. The zero-order valence-electron chi connectivity index (χ0n) is 22.6. The standard InChI is InChI=1S/C34H27NO6/c1-3-39-26-16-12-23(13-17-26)31-20-29(28-6-4-5-7-30(28)35-31)34(38)40-21-32(36)24-14-18-27(19-15-24)41-33(37)25-10-8-22(2)9-11-25/h4-20H,3,21H2,1-2H3. The zero-order valence-corrected chi connectivity index (χ0v) is 22.6. The molecule has 0 unspecified atom stereocenters. The molecule has 1 aromatic heterocycles. The summed E-state index contributed by atoms with van der Waals surface area (Å²) in [6.45, 7) is 3.97. The van der Waals surface area contributed by atoms with Crippen LogP contribution in [0.1, 0.15) is 43.6 Å². The normalized spacial score (nSPS) is 10.7. The number of Topliss-reactive ketones (excluding diaryl/α,β-unsaturated/α-hetero) is 1. The predicted molar refractivity (Wildman–Crippen MR) is 156 cm³/mol. The van der Waals surface area contributed by atoms with Gasteiger partial charge in [0.2, 0.25) is 0 Å². The van der Waals surface area contributed by atoms with E-state index in [4.69, 9.17) is 19.2 Å². The van der Waals surface area contributed by atoms with Crippen molar-refractivity contribution in [3.8, 4) is 22.8 Å². The third kappa shape index (κ3) is 6.47. The number of para-hydroxylation sites is 1. The Labute approximate surface area is 237 Å². The average Bonchev–Trinajstić information content (AvgIpc) is 3.00. The minimum atomic E-state index is -0.632. The summed E-state index contributed by atoms with van der Waals surface area (Å²) < 4.78 is 16.3. The van der Waals surface area contributed by atoms with Crippen LogP contribution in [0.15, 0.2) is 103 Å². The Morgan fingerprint density at radius 1 is 0.732 bits per heavy atom. The number of fused-ring (bicyclic) bond motifs is 1. The first-order valence-electron chi connectivity index (χ1n) is 13.1. The van der Waals surface area contributed by atoms with Gasteiger partial charge in [0.05, 0.1) is 28.9 Å². The maximum atomic E-state index is 13.2. The topological polar surface area (TPSA) is 91.8 Å². The molecular weight excluding hydrogens is 518 g/mol. The molecule has 0 bridgehead atoms. The smallest absolute Gasteiger partial charge is 0.343 e. The molecular formula is C34H27NO6. The van der Waals surface area contributed by atoms with E-state index in [1.807, 2.05) is 68.4 Å². The largest absolute Gasteiger partial charge is 0.494 e. The van der Waals surface area contributed by atoms with Gasteiger partial charge in [0, 0.05) is 16.5 Å². The van der Waals surface area contributed by atoms with E-state index < -0.39 is 18.5 Å². The van der Waals surface area contributed by atoms with Gasteiger partial charge in [-0.2, -0.15) is 0 Å². The fourth-order valence-electron chi connectivity index (χ4n) is 4.24. The summed E-state index contributed by atoms with van der Waals surface area (Å²) in [5.41, 5.74) is 4.14. The van der Waals surface area contributed by atoms with Gasteiger partial charge in [-0.05, 0) is 86.6 Å². The molecule has 1 heterocycles. The monoisotopic (exact) mass is 545 g/mol. The van der Waals surface area contributed by atoms with E-state index in [0.717, 1.165) is 16.9 Å². The van der Waals surface area contributed by atoms with Crippen LogP contribution < -0.4 is 9.47 Å². The zero-order chi connectivity index (χ0) is 28.8. The van der Waals surface area contributed by atoms with Crippen molar-refractivity contribution in [1.29, 1.82) is 0 Å². The number of carbonyl (C=O) groups is 3. The minimum absolute atomic E-state index is 0.300. The third-order valence-corrected chi connectivity index (χ3v) is 6.41. The van der Waals surface area contributed by atoms with Crippen LogP contribution in [0.3, 0.4) is 0 Å². The van der Waals surface area contributed by atoms with Crippen LogP contribution in [0.5, 0.6) is 11.5 Å². The van der Waals surface area contributed by atoms with E-state index in [9.17, 15) is 14.4 Å². The highest BCUT2D eigenvalue weighted by Gasteiger charge is 2.18. The Morgan fingerprint density at radius 2 is 1.39 bits per heavy atom. The number of carbonyl (C=O) groups excluding carboxylic acids is 3. The first kappa shape index (κ1) is 27.3. The van der Waals surface area contributed by atoms with Gasteiger partial charge in [-0.3, -0.25) is 4.79 Å². The van der Waals surface area contributed by atoms with Crippen molar-refractivity contribution in [1.82, 2.24) is 4.98 Å². The Kier molecular flexibility index (Phi) is 8.15. The van der Waals surface area contributed by atoms with Crippen molar-refractivity contribution in [2.75, 3.05) is 13.2 Å². The van der Waals surface area contributed by atoms with Gasteiger partial charge in [0.1, 0.15) is 11.5 Å². The molecule has 0 spiro atoms. The number of ether oxygens (including phenoxy) is 3. The van der Waals surface area contributed by atoms with Crippen LogP contribution in [-0.2, 0) is 4.74 Å². The van der Waals surface area contributed by atoms with E-state index in [2.05, 4.69) is 0 Å². The molecule has 0 atom stereocenters. The van der Waals surface area contributed by atoms with E-state index in [-0.39, 0.29) is 5.78 Å². The Hall–Kier alpha value is -5.30. The van der Waals surface area contributed by atoms with Crippen LogP contribution in [0.25, 0.3) is 22.2 Å². The Bertz CT molecular complexity index is 1710. The molecule has 7 heteroatoms. The molecule has 5 rings (SSSR count). The number of ketones is 1. The molecule has 204 valence electrons. The number of nitrogens with zero attached hydrogens (tertiary/aromatic N) is 1. The van der Waals surface area contributed by atoms with Crippen LogP contribution in [0, 0.1) is 6.92 Å². The van der Waals surface area contributed by atoms with Gasteiger partial charge in [-0.15, -0.1) is 0 Å². The second-order valence-electron chi connectivity index (χ2n) is 9.31. The molecule has 0 aliphatic heterocycles. The van der Waals surface area contributed by atoms with Gasteiger partial charge >= 0.3 is 11.9 Å². The quantitative estimate of drug-likeness (QED) is 0.113. The summed E-state index contributed by atoms with van der Waals surface area (Å²) in [6.07, 6.45) is 0. The van der Waals surface area contributed by atoms with Crippen molar-refractivity contribution in [3.63, 3.8) is 0 Å². The van der Waals surface area contributed by atoms with Crippen molar-refractivity contribution in [2.24, 2.45) is 0 Å². The second-order valence-corrected chi connectivity index (χ2v) is 9.31. The van der Waals surface area contributed by atoms with Crippen molar-refractivity contribution in [3.05, 3.63) is 125 Å². The molecule has 0 aliphatic carbocycles. The van der Waals surface area contributed by atoms with E-state index in [1.165, 1.54) is 24.3 Å². The van der Waals surface area contributed by atoms with Gasteiger partial charge in [-0.25, -0.2) is 14.6 Å². The lowest BCUT2D eigenvalue weighted by Crippen LogP contribution is -2.15. The van der Waals surface area contributed by atoms with Crippen molar-refractivity contribution >= 4 is 28.6 Å². The van der Waals surface area contributed by atoms with Crippen molar-refractivity contribution < 1.29 is 28.6 Å². The Morgan fingerprint density at radius 3 is 2.10 bits per heavy atom.